The fourth-order valence-corrected chi connectivity index (χ4v) is 4.57. The van der Waals surface area contributed by atoms with Crippen LogP contribution in [-0.2, 0) is 11.8 Å². The summed E-state index contributed by atoms with van der Waals surface area (Å²) < 4.78 is 87.3. The molecule has 2 aromatic heterocycles. The van der Waals surface area contributed by atoms with E-state index in [4.69, 9.17) is 5.11 Å². The number of halogens is 6. The molecule has 2 N–H and O–H groups in total. The van der Waals surface area contributed by atoms with Crippen molar-refractivity contribution in [1.82, 2.24) is 14.5 Å². The number of carboxylic acids is 1. The van der Waals surface area contributed by atoms with E-state index in [0.717, 1.165) is 18.4 Å². The Balaban J connectivity index is 0.000000265. The molecule has 0 spiro atoms. The number of carbonyl (C=O) groups excluding carboxylic acids is 1. The lowest BCUT2D eigenvalue weighted by atomic mass is 10.2. The molecule has 230 valence electrons. The average Bonchev–Trinajstić information content (AvgIpc) is 3.46. The van der Waals surface area contributed by atoms with Crippen LogP contribution in [0, 0.1) is 27.6 Å². The summed E-state index contributed by atoms with van der Waals surface area (Å²) in [5.74, 6) is -6.06. The number of rotatable bonds is 6. The van der Waals surface area contributed by atoms with Gasteiger partial charge in [-0.1, -0.05) is 11.3 Å². The molecule has 12 nitrogen and oxygen atoms in total. The number of aromatic carboxylic acids is 1. The van der Waals surface area contributed by atoms with Crippen molar-refractivity contribution >= 4 is 61.3 Å². The molecule has 3 aromatic carbocycles. The number of ether oxygens (including phenoxy) is 2. The lowest BCUT2D eigenvalue weighted by Gasteiger charge is -2.07. The smallest absolute Gasteiger partial charge is 0.478 e. The normalized spacial score (nSPS) is 11.2. The SMILES string of the molecule is COC(=O)c1cc2nc(Nc3nc4ccc(OC(F)(F)F)cc4s3)n(C)c2cc1F.O=C(O)c1cc([N+](=O)[O-])c(F)cc1F. The van der Waals surface area contributed by atoms with Crippen LogP contribution in [0.25, 0.3) is 21.3 Å². The van der Waals surface area contributed by atoms with Crippen LogP contribution in [0.3, 0.4) is 0 Å². The number of fused-ring (bicyclic) bond motifs is 2. The topological polar surface area (TPSA) is 159 Å². The predicted octanol–water partition coefficient (Wildman–Crippen LogP) is 6.32. The molecule has 0 atom stereocenters. The van der Waals surface area contributed by atoms with Crippen molar-refractivity contribution in [1.29, 1.82) is 0 Å². The highest BCUT2D eigenvalue weighted by Crippen LogP contribution is 2.33. The Morgan fingerprint density at radius 2 is 1.68 bits per heavy atom. The molecule has 0 aliphatic rings. The van der Waals surface area contributed by atoms with Gasteiger partial charge >= 0.3 is 24.0 Å². The minimum absolute atomic E-state index is 0.168. The quantitative estimate of drug-likeness (QED) is 0.0928. The third kappa shape index (κ3) is 6.77. The van der Waals surface area contributed by atoms with Gasteiger partial charge in [0.15, 0.2) is 5.13 Å². The molecule has 0 saturated heterocycles. The molecule has 0 radical (unpaired) electrons. The van der Waals surface area contributed by atoms with Gasteiger partial charge in [-0.3, -0.25) is 10.1 Å². The maximum atomic E-state index is 14.2. The van der Waals surface area contributed by atoms with Crippen molar-refractivity contribution in [3.8, 4) is 5.75 Å². The third-order valence-corrected chi connectivity index (χ3v) is 6.58. The van der Waals surface area contributed by atoms with Crippen molar-refractivity contribution in [3.63, 3.8) is 0 Å². The number of carboxylic acid groups (broad SMARTS) is 1. The Morgan fingerprint density at radius 3 is 2.30 bits per heavy atom. The Hall–Kier alpha value is -5.46. The fraction of sp³-hybridized carbons (Fsp3) is 0.120. The molecule has 2 heterocycles. The van der Waals surface area contributed by atoms with Gasteiger partial charge < -0.3 is 24.5 Å². The number of esters is 1. The molecule has 0 fully saturated rings. The Bertz CT molecular complexity index is 1910. The van der Waals surface area contributed by atoms with Crippen LogP contribution in [0.4, 0.5) is 43.1 Å². The van der Waals surface area contributed by atoms with Crippen molar-refractivity contribution in [2.75, 3.05) is 12.4 Å². The second-order valence-corrected chi connectivity index (χ2v) is 9.50. The maximum Gasteiger partial charge on any atom is 0.573 e. The zero-order chi connectivity index (χ0) is 32.5. The lowest BCUT2D eigenvalue weighted by Crippen LogP contribution is -2.16. The van der Waals surface area contributed by atoms with E-state index < -0.39 is 51.9 Å². The highest BCUT2D eigenvalue weighted by Gasteiger charge is 2.31. The summed E-state index contributed by atoms with van der Waals surface area (Å²) in [5.41, 5.74) is -1.00. The van der Waals surface area contributed by atoms with Gasteiger partial charge in [-0.2, -0.15) is 4.39 Å². The zero-order valence-electron chi connectivity index (χ0n) is 21.9. The second-order valence-electron chi connectivity index (χ2n) is 8.47. The van der Waals surface area contributed by atoms with Gasteiger partial charge in [0.05, 0.1) is 38.8 Å². The Labute approximate surface area is 244 Å². The van der Waals surface area contributed by atoms with Crippen molar-refractivity contribution < 1.29 is 55.4 Å². The second kappa shape index (κ2) is 12.0. The van der Waals surface area contributed by atoms with E-state index in [1.165, 1.54) is 30.3 Å². The van der Waals surface area contributed by atoms with Crippen molar-refractivity contribution in [2.24, 2.45) is 7.05 Å². The molecule has 5 rings (SSSR count). The largest absolute Gasteiger partial charge is 0.573 e. The molecule has 0 unspecified atom stereocenters. The van der Waals surface area contributed by atoms with Gasteiger partial charge in [0.2, 0.25) is 11.8 Å². The number of nitro groups is 1. The number of aromatic nitrogens is 3. The molecule has 44 heavy (non-hydrogen) atoms. The predicted molar refractivity (Wildman–Crippen MR) is 142 cm³/mol. The van der Waals surface area contributed by atoms with Crippen LogP contribution < -0.4 is 10.1 Å². The molecule has 0 aliphatic heterocycles. The van der Waals surface area contributed by atoms with E-state index in [1.807, 2.05) is 0 Å². The van der Waals surface area contributed by atoms with Crippen LogP contribution in [0.2, 0.25) is 0 Å². The number of alkyl halides is 3. The highest BCUT2D eigenvalue weighted by molar-refractivity contribution is 7.22. The van der Waals surface area contributed by atoms with E-state index in [1.54, 1.807) is 11.6 Å². The van der Waals surface area contributed by atoms with Gasteiger partial charge in [-0.15, -0.1) is 13.2 Å². The van der Waals surface area contributed by atoms with Crippen LogP contribution in [-0.4, -0.2) is 50.0 Å². The number of hydrogen-bond donors (Lipinski definition) is 2. The number of nitrogens with zero attached hydrogens (tertiary/aromatic N) is 4. The van der Waals surface area contributed by atoms with Gasteiger partial charge in [0, 0.05) is 31.3 Å². The van der Waals surface area contributed by atoms with E-state index in [9.17, 15) is 46.0 Å². The van der Waals surface area contributed by atoms with Gasteiger partial charge in [-0.05, 0) is 18.2 Å². The first-order chi connectivity index (χ1) is 20.6. The van der Waals surface area contributed by atoms with Crippen molar-refractivity contribution in [3.05, 3.63) is 81.2 Å². The van der Waals surface area contributed by atoms with E-state index in [0.29, 0.717) is 38.4 Å². The monoisotopic (exact) mass is 643 g/mol. The van der Waals surface area contributed by atoms with Crippen LogP contribution in [0.1, 0.15) is 20.7 Å². The zero-order valence-corrected chi connectivity index (χ0v) is 22.7. The number of thiazole rings is 1. The van der Waals surface area contributed by atoms with Crippen LogP contribution >= 0.6 is 11.3 Å². The molecule has 0 amide bonds. The third-order valence-electron chi connectivity index (χ3n) is 5.65. The van der Waals surface area contributed by atoms with Crippen LogP contribution in [0.5, 0.6) is 5.75 Å². The number of carbonyl (C=O) groups is 2. The lowest BCUT2D eigenvalue weighted by molar-refractivity contribution is -0.387. The molecule has 0 saturated carbocycles. The first-order valence-electron chi connectivity index (χ1n) is 11.6. The summed E-state index contributed by atoms with van der Waals surface area (Å²) in [6.07, 6.45) is -4.79. The number of imidazole rings is 1. The van der Waals surface area contributed by atoms with Gasteiger partial charge in [0.1, 0.15) is 22.9 Å². The summed E-state index contributed by atoms with van der Waals surface area (Å²) in [5, 5.41) is 21.9. The molecular weight excluding hydrogens is 628 g/mol. The molecule has 5 aromatic rings. The number of aryl methyl sites for hydroxylation is 1. The number of methoxy groups -OCH3 is 1. The minimum Gasteiger partial charge on any atom is -0.478 e. The first-order valence-corrected chi connectivity index (χ1v) is 12.4. The number of nitrogens with one attached hydrogen (secondary N) is 1. The average molecular weight is 643 g/mol. The standard InChI is InChI=1S/C18H12F4N4O3S.C7H3F2NO4/c1-26-13-7-10(19)9(15(27)28-2)6-12(13)23-16(26)25-17-24-11-4-3-8(5-14(11)30-17)29-18(20,21)22;8-4-2-5(9)6(10(13)14)1-3(4)7(11)12/h3-7H,1-2H3,(H,23,24,25);1-2H,(H,11,12). The summed E-state index contributed by atoms with van der Waals surface area (Å²) in [4.78, 5) is 39.7. The van der Waals surface area contributed by atoms with E-state index >= 15 is 0 Å². The Kier molecular flexibility index (Phi) is 8.61. The molecule has 19 heteroatoms. The van der Waals surface area contributed by atoms with Crippen molar-refractivity contribution in [2.45, 2.75) is 6.36 Å². The summed E-state index contributed by atoms with van der Waals surface area (Å²) >= 11 is 1.09. The number of benzene rings is 3. The minimum atomic E-state index is -4.79. The van der Waals surface area contributed by atoms with Gasteiger partial charge in [-0.25, -0.2) is 28.3 Å². The fourth-order valence-electron chi connectivity index (χ4n) is 3.68. The van der Waals surface area contributed by atoms with Gasteiger partial charge in [0.25, 0.3) is 0 Å². The molecular formula is C25H15F6N5O7S. The summed E-state index contributed by atoms with van der Waals surface area (Å²) in [6, 6.07) is 6.77. The molecule has 0 aliphatic carbocycles. The number of anilines is 2. The Morgan fingerprint density at radius 1 is 1.00 bits per heavy atom. The maximum absolute atomic E-state index is 14.2. The van der Waals surface area contributed by atoms with E-state index in [-0.39, 0.29) is 17.4 Å². The number of hydrogen-bond acceptors (Lipinski definition) is 10. The number of nitro benzene ring substituents is 1. The van der Waals surface area contributed by atoms with E-state index in [2.05, 4.69) is 24.8 Å². The van der Waals surface area contributed by atoms with Crippen LogP contribution in [0.15, 0.2) is 42.5 Å². The summed E-state index contributed by atoms with van der Waals surface area (Å²) in [7, 11) is 2.78. The summed E-state index contributed by atoms with van der Waals surface area (Å²) in [6.45, 7) is 0. The first kappa shape index (κ1) is 31.5. The highest BCUT2D eigenvalue weighted by atomic mass is 32.1. The molecule has 0 bridgehead atoms.